The Balaban J connectivity index is 1.48. The molecule has 1 fully saturated rings. The molecule has 2 rings (SSSR count). The van der Waals surface area contributed by atoms with E-state index in [0.717, 1.165) is 32.0 Å². The van der Waals surface area contributed by atoms with Crippen molar-refractivity contribution in [1.29, 1.82) is 0 Å². The first kappa shape index (κ1) is 14.5. The van der Waals surface area contributed by atoms with Gasteiger partial charge < -0.3 is 10.1 Å². The van der Waals surface area contributed by atoms with Gasteiger partial charge in [0.05, 0.1) is 6.10 Å². The highest BCUT2D eigenvalue weighted by Crippen LogP contribution is 2.25. The molecule has 1 saturated carbocycles. The zero-order valence-corrected chi connectivity index (χ0v) is 12.1. The van der Waals surface area contributed by atoms with Gasteiger partial charge in [0.2, 0.25) is 0 Å². The maximum absolute atomic E-state index is 5.97. The van der Waals surface area contributed by atoms with Gasteiger partial charge in [-0.05, 0) is 37.3 Å². The summed E-state index contributed by atoms with van der Waals surface area (Å²) >= 11 is 0. The van der Waals surface area contributed by atoms with Crippen LogP contribution in [-0.4, -0.2) is 19.3 Å². The second-order valence-corrected chi connectivity index (χ2v) is 5.78. The minimum atomic E-state index is 0.526. The van der Waals surface area contributed by atoms with Crippen molar-refractivity contribution >= 4 is 0 Å². The van der Waals surface area contributed by atoms with Crippen molar-refractivity contribution < 1.29 is 4.74 Å². The molecule has 2 unspecified atom stereocenters. The fraction of sp³-hybridized carbons (Fsp3) is 0.647. The average Bonchev–Trinajstić information content (AvgIpc) is 2.44. The van der Waals surface area contributed by atoms with Gasteiger partial charge in [-0.2, -0.15) is 0 Å². The van der Waals surface area contributed by atoms with Crippen LogP contribution in [0, 0.1) is 5.92 Å². The lowest BCUT2D eigenvalue weighted by Gasteiger charge is -2.26. The quantitative estimate of drug-likeness (QED) is 0.755. The van der Waals surface area contributed by atoms with Gasteiger partial charge in [-0.1, -0.05) is 50.1 Å². The molecule has 1 aliphatic rings. The Morgan fingerprint density at radius 1 is 1.21 bits per heavy atom. The molecule has 19 heavy (non-hydrogen) atoms. The Kier molecular flexibility index (Phi) is 6.38. The summed E-state index contributed by atoms with van der Waals surface area (Å²) in [5.74, 6) is 0.856. The molecule has 0 heterocycles. The van der Waals surface area contributed by atoms with E-state index in [-0.39, 0.29) is 0 Å². The summed E-state index contributed by atoms with van der Waals surface area (Å²) < 4.78 is 5.97. The SMILES string of the molecule is CC1CCCC(OCCCNCc2ccccc2)C1. The van der Waals surface area contributed by atoms with Crippen LogP contribution in [0.5, 0.6) is 0 Å². The maximum Gasteiger partial charge on any atom is 0.0577 e. The molecule has 1 aromatic rings. The van der Waals surface area contributed by atoms with Crippen LogP contribution in [0.2, 0.25) is 0 Å². The molecule has 1 aliphatic carbocycles. The van der Waals surface area contributed by atoms with Gasteiger partial charge in [0.25, 0.3) is 0 Å². The fourth-order valence-electron chi connectivity index (χ4n) is 2.81. The highest BCUT2D eigenvalue weighted by atomic mass is 16.5. The van der Waals surface area contributed by atoms with Crippen LogP contribution in [0.1, 0.15) is 44.6 Å². The molecular formula is C17H27NO. The first-order valence-corrected chi connectivity index (χ1v) is 7.71. The van der Waals surface area contributed by atoms with E-state index >= 15 is 0 Å². The number of benzene rings is 1. The van der Waals surface area contributed by atoms with Crippen LogP contribution in [0.3, 0.4) is 0 Å². The van der Waals surface area contributed by atoms with Crippen LogP contribution in [0.4, 0.5) is 0 Å². The van der Waals surface area contributed by atoms with Crippen molar-refractivity contribution in [2.75, 3.05) is 13.2 Å². The first-order valence-electron chi connectivity index (χ1n) is 7.71. The predicted octanol–water partition coefficient (Wildman–Crippen LogP) is 3.76. The van der Waals surface area contributed by atoms with Gasteiger partial charge in [0.15, 0.2) is 0 Å². The number of ether oxygens (including phenoxy) is 1. The Hall–Kier alpha value is -0.860. The van der Waals surface area contributed by atoms with Crippen molar-refractivity contribution in [2.45, 2.75) is 51.7 Å². The molecule has 0 spiro atoms. The molecule has 0 aromatic heterocycles. The van der Waals surface area contributed by atoms with Crippen LogP contribution in [-0.2, 0) is 11.3 Å². The van der Waals surface area contributed by atoms with Gasteiger partial charge >= 0.3 is 0 Å². The first-order chi connectivity index (χ1) is 9.34. The molecule has 2 nitrogen and oxygen atoms in total. The third-order valence-electron chi connectivity index (χ3n) is 3.91. The Bertz CT molecular complexity index is 338. The molecule has 0 amide bonds. The zero-order chi connectivity index (χ0) is 13.3. The van der Waals surface area contributed by atoms with E-state index in [1.165, 1.54) is 31.2 Å². The monoisotopic (exact) mass is 261 g/mol. The van der Waals surface area contributed by atoms with E-state index in [9.17, 15) is 0 Å². The molecule has 0 radical (unpaired) electrons. The highest BCUT2D eigenvalue weighted by Gasteiger charge is 2.18. The third kappa shape index (κ3) is 5.75. The lowest BCUT2D eigenvalue weighted by Crippen LogP contribution is -2.23. The van der Waals surface area contributed by atoms with Crippen LogP contribution in [0.15, 0.2) is 30.3 Å². The summed E-state index contributed by atoms with van der Waals surface area (Å²) in [7, 11) is 0. The largest absolute Gasteiger partial charge is 0.378 e. The summed E-state index contributed by atoms with van der Waals surface area (Å²) in [6.45, 7) is 5.24. The smallest absolute Gasteiger partial charge is 0.0577 e. The van der Waals surface area contributed by atoms with Crippen molar-refractivity contribution in [2.24, 2.45) is 5.92 Å². The number of rotatable bonds is 7. The van der Waals surface area contributed by atoms with Crippen molar-refractivity contribution in [1.82, 2.24) is 5.32 Å². The lowest BCUT2D eigenvalue weighted by atomic mass is 9.89. The van der Waals surface area contributed by atoms with E-state index < -0.39 is 0 Å². The second-order valence-electron chi connectivity index (χ2n) is 5.78. The van der Waals surface area contributed by atoms with E-state index in [4.69, 9.17) is 4.74 Å². The zero-order valence-electron chi connectivity index (χ0n) is 12.1. The Morgan fingerprint density at radius 3 is 2.84 bits per heavy atom. The van der Waals surface area contributed by atoms with Gasteiger partial charge in [-0.3, -0.25) is 0 Å². The van der Waals surface area contributed by atoms with E-state index in [0.29, 0.717) is 6.10 Å². The van der Waals surface area contributed by atoms with Crippen LogP contribution >= 0.6 is 0 Å². The maximum atomic E-state index is 5.97. The minimum Gasteiger partial charge on any atom is -0.378 e. The standard InChI is InChI=1S/C17H27NO/c1-15-7-5-10-17(13-15)19-12-6-11-18-14-16-8-3-2-4-9-16/h2-4,8-9,15,17-18H,5-7,10-14H2,1H3. The molecule has 1 N–H and O–H groups in total. The molecule has 0 saturated heterocycles. The molecule has 2 atom stereocenters. The summed E-state index contributed by atoms with van der Waals surface area (Å²) in [6.07, 6.45) is 6.89. The van der Waals surface area contributed by atoms with Crippen molar-refractivity contribution in [3.8, 4) is 0 Å². The average molecular weight is 261 g/mol. The van der Waals surface area contributed by atoms with E-state index in [1.54, 1.807) is 0 Å². The topological polar surface area (TPSA) is 21.3 Å². The molecular weight excluding hydrogens is 234 g/mol. The highest BCUT2D eigenvalue weighted by molar-refractivity contribution is 5.14. The third-order valence-corrected chi connectivity index (χ3v) is 3.91. The lowest BCUT2D eigenvalue weighted by molar-refractivity contribution is 0.0146. The summed E-state index contributed by atoms with van der Waals surface area (Å²) in [6, 6.07) is 10.6. The van der Waals surface area contributed by atoms with E-state index in [1.807, 2.05) is 0 Å². The summed E-state index contributed by atoms with van der Waals surface area (Å²) in [5.41, 5.74) is 1.35. The van der Waals surface area contributed by atoms with Gasteiger partial charge in [-0.15, -0.1) is 0 Å². The molecule has 0 aliphatic heterocycles. The van der Waals surface area contributed by atoms with Crippen LogP contribution < -0.4 is 5.32 Å². The Labute approximate surface area is 117 Å². The van der Waals surface area contributed by atoms with E-state index in [2.05, 4.69) is 42.6 Å². The molecule has 0 bridgehead atoms. The Morgan fingerprint density at radius 2 is 2.05 bits per heavy atom. The summed E-state index contributed by atoms with van der Waals surface area (Å²) in [4.78, 5) is 0. The number of hydrogen-bond acceptors (Lipinski definition) is 2. The molecule has 106 valence electrons. The normalized spacial score (nSPS) is 23.4. The fourth-order valence-corrected chi connectivity index (χ4v) is 2.81. The van der Waals surface area contributed by atoms with Crippen molar-refractivity contribution in [3.63, 3.8) is 0 Å². The number of nitrogens with one attached hydrogen (secondary N) is 1. The molecule has 1 aromatic carbocycles. The van der Waals surface area contributed by atoms with Crippen molar-refractivity contribution in [3.05, 3.63) is 35.9 Å². The predicted molar refractivity (Wildman–Crippen MR) is 80.1 cm³/mol. The minimum absolute atomic E-state index is 0.526. The van der Waals surface area contributed by atoms with Gasteiger partial charge in [0.1, 0.15) is 0 Å². The second kappa shape index (κ2) is 8.34. The molecule has 2 heteroatoms. The number of hydrogen-bond donors (Lipinski definition) is 1. The van der Waals surface area contributed by atoms with Crippen LogP contribution in [0.25, 0.3) is 0 Å². The van der Waals surface area contributed by atoms with Gasteiger partial charge in [0, 0.05) is 13.2 Å². The summed E-state index contributed by atoms with van der Waals surface area (Å²) in [5, 5.41) is 3.47. The van der Waals surface area contributed by atoms with Gasteiger partial charge in [-0.25, -0.2) is 0 Å².